The van der Waals surface area contributed by atoms with Gasteiger partial charge in [-0.1, -0.05) is 53.1 Å². The van der Waals surface area contributed by atoms with Gasteiger partial charge >= 0.3 is 10.0 Å². The van der Waals surface area contributed by atoms with Crippen LogP contribution in [0.1, 0.15) is 76.6 Å². The van der Waals surface area contributed by atoms with Gasteiger partial charge in [-0.05, 0) is 66.8 Å². The predicted octanol–water partition coefficient (Wildman–Crippen LogP) is 5.25. The van der Waals surface area contributed by atoms with Crippen LogP contribution in [0.2, 0.25) is 11.1 Å². The molecule has 0 heterocycles. The van der Waals surface area contributed by atoms with Gasteiger partial charge in [0.25, 0.3) is 0 Å². The molecule has 0 aliphatic rings. The highest BCUT2D eigenvalue weighted by Gasteiger charge is 2.30. The van der Waals surface area contributed by atoms with E-state index in [0.717, 1.165) is 55.3 Å². The number of halogens is 1. The number of hydrogen-bond donors (Lipinski definition) is 1. The third-order valence-electron chi connectivity index (χ3n) is 5.60. The summed E-state index contributed by atoms with van der Waals surface area (Å²) in [5.74, 6) is 0. The quantitative estimate of drug-likeness (QED) is 0.337. The average Bonchev–Trinajstić information content (AvgIpc) is 2.70. The Labute approximate surface area is 179 Å². The van der Waals surface area contributed by atoms with Crippen LogP contribution in [-0.2, 0) is 33.9 Å². The molecular weight excluding hydrogens is 406 g/mol. The number of benzene rings is 1. The molecule has 0 aliphatic heterocycles. The van der Waals surface area contributed by atoms with Gasteiger partial charge in [-0.25, -0.2) is 0 Å². The topological polar surface area (TPSA) is 30.5 Å². The molecule has 1 rings (SSSR count). The van der Waals surface area contributed by atoms with Gasteiger partial charge in [0, 0.05) is 5.54 Å². The highest BCUT2D eigenvalue weighted by Crippen LogP contribution is 2.40. The Hall–Kier alpha value is -0.119. The van der Waals surface area contributed by atoms with Crippen molar-refractivity contribution in [3.63, 3.8) is 0 Å². The molecule has 27 heavy (non-hydrogen) atoms. The summed E-state index contributed by atoms with van der Waals surface area (Å²) in [4.78, 5) is 0. The van der Waals surface area contributed by atoms with Crippen LogP contribution >= 0.6 is 11.6 Å². The number of nitrogens with one attached hydrogen (secondary N) is 1. The van der Waals surface area contributed by atoms with E-state index in [-0.39, 0.29) is 15.5 Å². The summed E-state index contributed by atoms with van der Waals surface area (Å²) in [7, 11) is 3.42. The zero-order chi connectivity index (χ0) is 20.4. The van der Waals surface area contributed by atoms with E-state index in [0.29, 0.717) is 9.76 Å². The molecule has 0 aromatic heterocycles. The van der Waals surface area contributed by atoms with Crippen LogP contribution in [0.4, 0.5) is 5.69 Å². The van der Waals surface area contributed by atoms with Crippen molar-refractivity contribution in [2.24, 2.45) is 0 Å². The second-order valence-electron chi connectivity index (χ2n) is 6.74. The first-order chi connectivity index (χ1) is 13.0. The zero-order valence-electron chi connectivity index (χ0n) is 17.6. The SMILES string of the molecule is CCc1c(Cl)c(NC(CC)(CC)C[Si]O[Si]O[Si])c(CC)c(CC)c1CC. The minimum atomic E-state index is -0.0218. The van der Waals surface area contributed by atoms with Crippen LogP contribution in [0.3, 0.4) is 0 Å². The van der Waals surface area contributed by atoms with Crippen molar-refractivity contribution in [1.29, 1.82) is 0 Å². The first-order valence-electron chi connectivity index (χ1n) is 10.1. The lowest BCUT2D eigenvalue weighted by atomic mass is 9.87. The van der Waals surface area contributed by atoms with E-state index in [1.54, 1.807) is 0 Å². The third-order valence-corrected chi connectivity index (χ3v) is 8.09. The molecule has 0 bridgehead atoms. The molecule has 1 aromatic rings. The lowest BCUT2D eigenvalue weighted by molar-refractivity contribution is 0.447. The van der Waals surface area contributed by atoms with Gasteiger partial charge in [-0.2, -0.15) is 0 Å². The summed E-state index contributed by atoms with van der Waals surface area (Å²) in [6.07, 6.45) is 6.08. The predicted molar refractivity (Wildman–Crippen MR) is 120 cm³/mol. The number of hydrogen-bond acceptors (Lipinski definition) is 3. The summed E-state index contributed by atoms with van der Waals surface area (Å²) in [5.41, 5.74) is 6.76. The standard InChI is InChI=1S/C20H33ClNO2Si3/c1-7-14-15(8-2)17(10-4)19(18(21)16(14)9-3)22-20(11-5,12-6)13-26-24-27-23-25/h22H,7-13H2,1-6H3. The molecule has 1 aromatic carbocycles. The van der Waals surface area contributed by atoms with Crippen molar-refractivity contribution in [2.75, 3.05) is 5.32 Å². The molecule has 0 saturated heterocycles. The average molecular weight is 439 g/mol. The maximum atomic E-state index is 6.99. The normalized spacial score (nSPS) is 11.9. The maximum Gasteiger partial charge on any atom is 0.409 e. The van der Waals surface area contributed by atoms with Gasteiger partial charge in [0.05, 0.1) is 10.7 Å². The molecule has 3 nitrogen and oxygen atoms in total. The molecule has 0 amide bonds. The number of anilines is 1. The van der Waals surface area contributed by atoms with Gasteiger partial charge in [-0.3, -0.25) is 0 Å². The van der Waals surface area contributed by atoms with Gasteiger partial charge in [-0.15, -0.1) is 0 Å². The highest BCUT2D eigenvalue weighted by atomic mass is 35.5. The van der Waals surface area contributed by atoms with Gasteiger partial charge in [0.15, 0.2) is 0 Å². The van der Waals surface area contributed by atoms with Crippen LogP contribution in [0.5, 0.6) is 0 Å². The molecule has 0 fully saturated rings. The maximum absolute atomic E-state index is 6.99. The lowest BCUT2D eigenvalue weighted by Crippen LogP contribution is -2.39. The Balaban J connectivity index is 3.40. The van der Waals surface area contributed by atoms with Crippen LogP contribution in [0.25, 0.3) is 0 Å². The Morgan fingerprint density at radius 1 is 0.889 bits per heavy atom. The molecule has 7 radical (unpaired) electrons. The fourth-order valence-electron chi connectivity index (χ4n) is 3.88. The monoisotopic (exact) mass is 438 g/mol. The summed E-state index contributed by atoms with van der Waals surface area (Å²) < 4.78 is 10.5. The van der Waals surface area contributed by atoms with E-state index >= 15 is 0 Å². The Bertz CT molecular complexity index is 595. The van der Waals surface area contributed by atoms with Crippen molar-refractivity contribution in [2.45, 2.75) is 91.7 Å². The van der Waals surface area contributed by atoms with Crippen molar-refractivity contribution in [3.05, 3.63) is 27.3 Å². The second kappa shape index (κ2) is 12.4. The fourth-order valence-corrected chi connectivity index (χ4v) is 6.22. The highest BCUT2D eigenvalue weighted by molar-refractivity contribution is 6.41. The molecule has 7 heteroatoms. The minimum Gasteiger partial charge on any atom is -0.435 e. The van der Waals surface area contributed by atoms with Gasteiger partial charge < -0.3 is 13.5 Å². The molecule has 0 saturated carbocycles. The van der Waals surface area contributed by atoms with Crippen molar-refractivity contribution in [1.82, 2.24) is 0 Å². The molecular formula is C20H33ClNO2Si3. The van der Waals surface area contributed by atoms with E-state index in [1.165, 1.54) is 22.3 Å². The molecule has 149 valence electrons. The summed E-state index contributed by atoms with van der Waals surface area (Å²) in [6.45, 7) is 13.4. The van der Waals surface area contributed by atoms with Crippen molar-refractivity contribution >= 4 is 47.5 Å². The van der Waals surface area contributed by atoms with Gasteiger partial charge in [0.2, 0.25) is 20.2 Å². The summed E-state index contributed by atoms with van der Waals surface area (Å²) in [5, 5.41) is 4.82. The van der Waals surface area contributed by atoms with Crippen molar-refractivity contribution < 1.29 is 8.23 Å². The van der Waals surface area contributed by atoms with Gasteiger partial charge in [0.1, 0.15) is 0 Å². The fraction of sp³-hybridized carbons (Fsp3) is 0.700. The lowest BCUT2D eigenvalue weighted by Gasteiger charge is -2.36. The van der Waals surface area contributed by atoms with Crippen LogP contribution in [0.15, 0.2) is 0 Å². The Morgan fingerprint density at radius 2 is 1.41 bits per heavy atom. The van der Waals surface area contributed by atoms with Crippen molar-refractivity contribution in [3.8, 4) is 0 Å². The van der Waals surface area contributed by atoms with Crippen LogP contribution < -0.4 is 5.32 Å². The summed E-state index contributed by atoms with van der Waals surface area (Å²) >= 11 is 6.99. The van der Waals surface area contributed by atoms with E-state index in [1.807, 2.05) is 0 Å². The first kappa shape index (κ1) is 24.9. The second-order valence-corrected chi connectivity index (χ2v) is 9.56. The molecule has 0 unspecified atom stereocenters. The van der Waals surface area contributed by atoms with E-state index < -0.39 is 0 Å². The zero-order valence-corrected chi connectivity index (χ0v) is 21.4. The summed E-state index contributed by atoms with van der Waals surface area (Å²) in [6, 6.07) is 0.945. The molecule has 0 aliphatic carbocycles. The Kier molecular flexibility index (Phi) is 11.5. The van der Waals surface area contributed by atoms with E-state index in [4.69, 9.17) is 19.8 Å². The number of rotatable bonds is 13. The van der Waals surface area contributed by atoms with E-state index in [9.17, 15) is 0 Å². The van der Waals surface area contributed by atoms with Crippen LogP contribution in [0, 0.1) is 0 Å². The Morgan fingerprint density at radius 3 is 1.85 bits per heavy atom. The molecule has 0 atom stereocenters. The molecule has 1 N–H and O–H groups in total. The van der Waals surface area contributed by atoms with Crippen LogP contribution in [-0.4, -0.2) is 35.8 Å². The smallest absolute Gasteiger partial charge is 0.409 e. The van der Waals surface area contributed by atoms with E-state index in [2.05, 4.69) is 57.3 Å². The first-order valence-corrected chi connectivity index (χ1v) is 12.8. The third kappa shape index (κ3) is 5.93. The largest absolute Gasteiger partial charge is 0.435 e. The minimum absolute atomic E-state index is 0.0218. The molecule has 0 spiro atoms.